The number of amides is 1. The topological polar surface area (TPSA) is 66.3 Å². The third-order valence-electron chi connectivity index (χ3n) is 6.09. The normalized spacial score (nSPS) is 20.0. The Bertz CT molecular complexity index is 1190. The van der Waals surface area contributed by atoms with Gasteiger partial charge < -0.3 is 4.74 Å². The van der Waals surface area contributed by atoms with E-state index in [0.29, 0.717) is 17.0 Å². The summed E-state index contributed by atoms with van der Waals surface area (Å²) in [4.78, 5) is 18.2. The van der Waals surface area contributed by atoms with Gasteiger partial charge in [-0.3, -0.25) is 15.1 Å². The number of carbonyl (C=O) groups is 1. The maximum atomic E-state index is 13.2. The number of rotatable bonds is 6. The van der Waals surface area contributed by atoms with Crippen LogP contribution in [0.5, 0.6) is 5.75 Å². The molecule has 0 unspecified atom stereocenters. The minimum absolute atomic E-state index is 0.149. The number of fused-ring (bicyclic) bond motifs is 2. The maximum absolute atomic E-state index is 13.2. The first-order chi connectivity index (χ1) is 16.1. The lowest BCUT2D eigenvalue weighted by Gasteiger charge is -2.34. The highest BCUT2D eigenvalue weighted by atomic mass is 79.9. The molecule has 1 amide bonds. The van der Waals surface area contributed by atoms with E-state index < -0.39 is 6.17 Å². The van der Waals surface area contributed by atoms with Gasteiger partial charge in [0.05, 0.1) is 11.5 Å². The molecule has 5 rings (SSSR count). The predicted molar refractivity (Wildman–Crippen MR) is 135 cm³/mol. The smallest absolute Gasteiger partial charge is 0.276 e. The molecular weight excluding hydrogens is 500 g/mol. The molecule has 0 bridgehead atoms. The molecule has 1 atom stereocenters. The standard InChI is InChI=1S/C25H27BrN4O2S/c1-2-3-14-33-25-28-24(31)22-20-15-17(26)10-13-21(20)27-23(30(22)29-25)16-8-11-19(12-9-16)32-18-6-4-5-7-18/h8-13,15,18,23H,2-7,14H2,1H3,(H,28,29,31)/t23-/m0/s1. The van der Waals surface area contributed by atoms with Crippen LogP contribution < -0.4 is 20.6 Å². The zero-order valence-corrected chi connectivity index (χ0v) is 21.0. The zero-order valence-electron chi connectivity index (χ0n) is 18.6. The molecule has 1 aliphatic carbocycles. The summed E-state index contributed by atoms with van der Waals surface area (Å²) in [7, 11) is 0. The summed E-state index contributed by atoms with van der Waals surface area (Å²) < 4.78 is 7.03. The van der Waals surface area contributed by atoms with Crippen LogP contribution in [0.4, 0.5) is 0 Å². The first-order valence-electron chi connectivity index (χ1n) is 11.6. The minimum atomic E-state index is -0.415. The first-order valence-corrected chi connectivity index (χ1v) is 13.4. The lowest BCUT2D eigenvalue weighted by atomic mass is 10.1. The molecule has 2 aromatic carbocycles. The fraction of sp³-hybridized carbons (Fsp3) is 0.400. The third kappa shape index (κ3) is 4.82. The van der Waals surface area contributed by atoms with Crippen molar-refractivity contribution >= 4 is 44.5 Å². The molecule has 172 valence electrons. The number of hydrogen-bond donors (Lipinski definition) is 1. The van der Waals surface area contributed by atoms with E-state index in [1.165, 1.54) is 12.8 Å². The molecule has 0 spiro atoms. The highest BCUT2D eigenvalue weighted by Crippen LogP contribution is 2.32. The number of carbonyl (C=O) groups excluding carboxylic acids is 1. The molecule has 1 fully saturated rings. The van der Waals surface area contributed by atoms with Crippen LogP contribution in [0, 0.1) is 0 Å². The molecule has 1 N–H and O–H groups in total. The van der Waals surface area contributed by atoms with Gasteiger partial charge in [-0.2, -0.15) is 0 Å². The average Bonchev–Trinajstić information content (AvgIpc) is 3.32. The minimum Gasteiger partial charge on any atom is -0.490 e. The fourth-order valence-electron chi connectivity index (χ4n) is 4.36. The molecule has 8 heteroatoms. The van der Waals surface area contributed by atoms with Gasteiger partial charge in [0.25, 0.3) is 5.91 Å². The molecule has 6 nitrogen and oxygen atoms in total. The van der Waals surface area contributed by atoms with Crippen LogP contribution in [0.1, 0.15) is 57.2 Å². The van der Waals surface area contributed by atoms with Crippen molar-refractivity contribution in [2.75, 3.05) is 5.75 Å². The maximum Gasteiger partial charge on any atom is 0.276 e. The molecule has 3 aliphatic rings. The largest absolute Gasteiger partial charge is 0.490 e. The lowest BCUT2D eigenvalue weighted by Crippen LogP contribution is -2.50. The number of nitrogens with zero attached hydrogens (tertiary/aromatic N) is 3. The van der Waals surface area contributed by atoms with E-state index in [0.717, 1.165) is 57.8 Å². The number of halogens is 1. The Morgan fingerprint density at radius 2 is 1.97 bits per heavy atom. The van der Waals surface area contributed by atoms with Crippen LogP contribution in [0.15, 0.2) is 57.0 Å². The van der Waals surface area contributed by atoms with E-state index in [4.69, 9.17) is 14.8 Å². The Labute approximate surface area is 206 Å². The van der Waals surface area contributed by atoms with Crippen LogP contribution in [-0.4, -0.2) is 27.9 Å². The van der Waals surface area contributed by atoms with E-state index in [-0.39, 0.29) is 5.91 Å². The van der Waals surface area contributed by atoms with Gasteiger partial charge in [-0.25, -0.2) is 5.01 Å². The molecule has 2 aliphatic heterocycles. The van der Waals surface area contributed by atoms with Crippen LogP contribution in [0.25, 0.3) is 5.70 Å². The molecule has 0 saturated heterocycles. The number of ether oxygens (including phenoxy) is 1. The van der Waals surface area contributed by atoms with E-state index in [1.54, 1.807) is 16.8 Å². The Morgan fingerprint density at radius 3 is 2.73 bits per heavy atom. The summed E-state index contributed by atoms with van der Waals surface area (Å²) in [6, 6.07) is 13.9. The van der Waals surface area contributed by atoms with E-state index in [2.05, 4.69) is 28.2 Å². The summed E-state index contributed by atoms with van der Waals surface area (Å²) in [6.07, 6.45) is 6.81. The molecular formula is C25H27BrN4O2S. The molecule has 33 heavy (non-hydrogen) atoms. The van der Waals surface area contributed by atoms with E-state index in [9.17, 15) is 4.79 Å². The number of benzene rings is 2. The van der Waals surface area contributed by atoms with Crippen molar-refractivity contribution in [1.82, 2.24) is 10.3 Å². The molecule has 2 heterocycles. The number of nitrogens with one attached hydrogen (secondary N) is 1. The number of amidine groups is 1. The van der Waals surface area contributed by atoms with Gasteiger partial charge >= 0.3 is 0 Å². The van der Waals surface area contributed by atoms with Gasteiger partial charge in [0.15, 0.2) is 11.3 Å². The van der Waals surface area contributed by atoms with E-state index in [1.807, 2.05) is 42.5 Å². The second-order valence-corrected chi connectivity index (χ2v) is 10.5. The van der Waals surface area contributed by atoms with Gasteiger partial charge in [0, 0.05) is 15.4 Å². The quantitative estimate of drug-likeness (QED) is 0.564. The van der Waals surface area contributed by atoms with Crippen molar-refractivity contribution in [2.24, 2.45) is 10.1 Å². The second-order valence-electron chi connectivity index (χ2n) is 8.51. The number of hydrazone groups is 1. The summed E-state index contributed by atoms with van der Waals surface area (Å²) in [5.74, 6) is 1.64. The van der Waals surface area contributed by atoms with Crippen molar-refractivity contribution in [1.29, 1.82) is 0 Å². The Morgan fingerprint density at radius 1 is 1.18 bits per heavy atom. The van der Waals surface area contributed by atoms with Crippen LogP contribution >= 0.6 is 27.7 Å². The van der Waals surface area contributed by atoms with Gasteiger partial charge in [-0.1, -0.05) is 53.2 Å². The monoisotopic (exact) mass is 526 g/mol. The summed E-state index contributed by atoms with van der Waals surface area (Å²) in [6.45, 7) is 2.15. The number of unbranched alkanes of at least 4 members (excludes halogenated alkanes) is 1. The first kappa shape index (κ1) is 22.5. The number of hydrogen-bond acceptors (Lipinski definition) is 6. The average molecular weight is 527 g/mol. The van der Waals surface area contributed by atoms with E-state index >= 15 is 0 Å². The van der Waals surface area contributed by atoms with Crippen molar-refractivity contribution in [3.05, 3.63) is 63.1 Å². The van der Waals surface area contributed by atoms with Crippen LogP contribution in [0.3, 0.4) is 0 Å². The fourth-order valence-corrected chi connectivity index (χ4v) is 5.66. The zero-order chi connectivity index (χ0) is 22.8. The van der Waals surface area contributed by atoms with Gasteiger partial charge in [0.2, 0.25) is 0 Å². The SMILES string of the molecule is CCCCSC1=NN2C(=c3cc(Br)ccc3=N[C@@H]2c2ccc(OC3CCCC3)cc2)C(=O)N1. The Hall–Kier alpha value is -2.32. The van der Waals surface area contributed by atoms with Crippen molar-refractivity contribution in [2.45, 2.75) is 57.7 Å². The molecule has 1 saturated carbocycles. The Kier molecular flexibility index (Phi) is 6.74. The summed E-state index contributed by atoms with van der Waals surface area (Å²) in [5, 5.41) is 11.8. The highest BCUT2D eigenvalue weighted by molar-refractivity contribution is 9.10. The summed E-state index contributed by atoms with van der Waals surface area (Å²) >= 11 is 5.10. The van der Waals surface area contributed by atoms with Crippen LogP contribution in [0.2, 0.25) is 0 Å². The van der Waals surface area contributed by atoms with Crippen molar-refractivity contribution in [3.63, 3.8) is 0 Å². The molecule has 2 aromatic rings. The molecule has 0 radical (unpaired) electrons. The van der Waals surface area contributed by atoms with Crippen molar-refractivity contribution in [3.8, 4) is 5.75 Å². The highest BCUT2D eigenvalue weighted by Gasteiger charge is 2.34. The van der Waals surface area contributed by atoms with Gasteiger partial charge in [-0.15, -0.1) is 5.10 Å². The Balaban J connectivity index is 1.51. The summed E-state index contributed by atoms with van der Waals surface area (Å²) in [5.41, 5.74) is 1.49. The molecule has 0 aromatic heterocycles. The van der Waals surface area contributed by atoms with Gasteiger partial charge in [-0.05, 0) is 68.0 Å². The number of thioether (sulfide) groups is 1. The lowest BCUT2D eigenvalue weighted by molar-refractivity contribution is -0.116. The third-order valence-corrected chi connectivity index (χ3v) is 7.53. The van der Waals surface area contributed by atoms with Gasteiger partial charge in [0.1, 0.15) is 11.4 Å². The predicted octanol–water partition coefficient (Wildman–Crippen LogP) is 4.45. The second kappa shape index (κ2) is 9.89. The van der Waals surface area contributed by atoms with Crippen LogP contribution in [-0.2, 0) is 4.79 Å². The van der Waals surface area contributed by atoms with Crippen molar-refractivity contribution < 1.29 is 9.53 Å².